The van der Waals surface area contributed by atoms with Crippen molar-refractivity contribution in [1.82, 2.24) is 0 Å². The summed E-state index contributed by atoms with van der Waals surface area (Å²) in [7, 11) is 0. The number of carbonyl (C=O) groups is 2. The summed E-state index contributed by atoms with van der Waals surface area (Å²) in [6.07, 6.45) is 2.82. The van der Waals surface area contributed by atoms with Crippen LogP contribution in [0.2, 0.25) is 0 Å². The van der Waals surface area contributed by atoms with Crippen molar-refractivity contribution in [3.8, 4) is 0 Å². The van der Waals surface area contributed by atoms with Gasteiger partial charge in [-0.15, -0.1) is 11.3 Å². The number of rotatable bonds is 5. The zero-order valence-electron chi connectivity index (χ0n) is 8.99. The predicted octanol–water partition coefficient (Wildman–Crippen LogP) is 2.37. The number of anilines is 1. The van der Waals surface area contributed by atoms with Crippen molar-refractivity contribution in [2.24, 2.45) is 0 Å². The lowest BCUT2D eigenvalue weighted by Gasteiger charge is -2.05. The Morgan fingerprint density at radius 2 is 2.44 bits per heavy atom. The van der Waals surface area contributed by atoms with Crippen LogP contribution in [-0.2, 0) is 9.53 Å². The molecule has 16 heavy (non-hydrogen) atoms. The fraction of sp³-hybridized carbons (Fsp3) is 0.455. The van der Waals surface area contributed by atoms with Gasteiger partial charge in [-0.25, -0.2) is 4.79 Å². The number of esters is 1. The third-order valence-corrected chi connectivity index (χ3v) is 3.44. The Hall–Kier alpha value is -1.36. The van der Waals surface area contributed by atoms with E-state index < -0.39 is 0 Å². The minimum Gasteiger partial charge on any atom is -0.462 e. The molecule has 0 unspecified atom stereocenters. The number of hydrogen-bond donors (Lipinski definition) is 1. The maximum Gasteiger partial charge on any atom is 0.341 e. The molecule has 1 aliphatic carbocycles. The van der Waals surface area contributed by atoms with E-state index in [1.54, 1.807) is 6.92 Å². The van der Waals surface area contributed by atoms with Crippen molar-refractivity contribution in [2.45, 2.75) is 25.7 Å². The highest BCUT2D eigenvalue weighted by molar-refractivity contribution is 7.15. The molecule has 5 heteroatoms. The van der Waals surface area contributed by atoms with E-state index >= 15 is 0 Å². The van der Waals surface area contributed by atoms with E-state index in [1.807, 2.05) is 5.38 Å². The highest BCUT2D eigenvalue weighted by Crippen LogP contribution is 2.45. The molecule has 0 radical (unpaired) electrons. The van der Waals surface area contributed by atoms with E-state index in [-0.39, 0.29) is 5.97 Å². The largest absolute Gasteiger partial charge is 0.462 e. The van der Waals surface area contributed by atoms with Crippen molar-refractivity contribution in [2.75, 3.05) is 11.9 Å². The van der Waals surface area contributed by atoms with E-state index in [0.717, 1.165) is 18.4 Å². The van der Waals surface area contributed by atoms with Crippen LogP contribution in [0, 0.1) is 0 Å². The minimum absolute atomic E-state index is 0.338. The Morgan fingerprint density at radius 1 is 1.69 bits per heavy atom. The minimum atomic E-state index is -0.338. The maximum atomic E-state index is 11.8. The third kappa shape index (κ3) is 2.09. The average molecular weight is 239 g/mol. The van der Waals surface area contributed by atoms with Gasteiger partial charge in [-0.05, 0) is 36.6 Å². The molecule has 1 N–H and O–H groups in total. The van der Waals surface area contributed by atoms with Gasteiger partial charge in [-0.3, -0.25) is 4.79 Å². The average Bonchev–Trinajstić information content (AvgIpc) is 3.01. The van der Waals surface area contributed by atoms with Crippen molar-refractivity contribution >= 4 is 28.7 Å². The molecule has 1 aromatic heterocycles. The van der Waals surface area contributed by atoms with Crippen LogP contribution in [0.1, 0.15) is 41.6 Å². The smallest absolute Gasteiger partial charge is 0.341 e. The molecular formula is C11H13NO3S. The van der Waals surface area contributed by atoms with E-state index in [0.29, 0.717) is 29.5 Å². The summed E-state index contributed by atoms with van der Waals surface area (Å²) in [5.41, 5.74) is 1.56. The van der Waals surface area contributed by atoms with E-state index in [2.05, 4.69) is 5.32 Å². The second kappa shape index (κ2) is 4.65. The van der Waals surface area contributed by atoms with Crippen LogP contribution in [0.4, 0.5) is 5.00 Å². The second-order valence-electron chi connectivity index (χ2n) is 3.65. The first-order valence-electron chi connectivity index (χ1n) is 5.26. The van der Waals surface area contributed by atoms with Gasteiger partial charge < -0.3 is 10.1 Å². The molecule has 0 bridgehead atoms. The fourth-order valence-electron chi connectivity index (χ4n) is 1.64. The molecule has 0 saturated heterocycles. The van der Waals surface area contributed by atoms with Crippen LogP contribution in [0.5, 0.6) is 0 Å². The molecule has 1 heterocycles. The van der Waals surface area contributed by atoms with Gasteiger partial charge in [0.2, 0.25) is 6.41 Å². The Morgan fingerprint density at radius 3 is 3.00 bits per heavy atom. The first kappa shape index (κ1) is 11.1. The monoisotopic (exact) mass is 239 g/mol. The normalized spacial score (nSPS) is 14.6. The van der Waals surface area contributed by atoms with Gasteiger partial charge in [0.1, 0.15) is 5.00 Å². The van der Waals surface area contributed by atoms with E-state index in [9.17, 15) is 9.59 Å². The van der Waals surface area contributed by atoms with Crippen LogP contribution >= 0.6 is 11.3 Å². The molecule has 1 fully saturated rings. The van der Waals surface area contributed by atoms with Crippen LogP contribution < -0.4 is 5.32 Å². The van der Waals surface area contributed by atoms with Crippen LogP contribution in [0.3, 0.4) is 0 Å². The summed E-state index contributed by atoms with van der Waals surface area (Å²) in [5.74, 6) is 0.132. The number of amides is 1. The lowest BCUT2D eigenvalue weighted by Crippen LogP contribution is -2.09. The quantitative estimate of drug-likeness (QED) is 0.634. The number of nitrogens with one attached hydrogen (secondary N) is 1. The van der Waals surface area contributed by atoms with E-state index in [4.69, 9.17) is 4.74 Å². The van der Waals surface area contributed by atoms with Gasteiger partial charge in [0.05, 0.1) is 12.2 Å². The molecule has 0 spiro atoms. The Balaban J connectivity index is 2.31. The summed E-state index contributed by atoms with van der Waals surface area (Å²) in [4.78, 5) is 22.2. The first-order chi connectivity index (χ1) is 7.77. The maximum absolute atomic E-state index is 11.8. The number of carbonyl (C=O) groups excluding carboxylic acids is 2. The molecule has 1 saturated carbocycles. The van der Waals surface area contributed by atoms with Crippen LogP contribution in [0.25, 0.3) is 0 Å². The molecule has 86 valence electrons. The molecule has 0 atom stereocenters. The lowest BCUT2D eigenvalue weighted by molar-refractivity contribution is -0.105. The topological polar surface area (TPSA) is 55.4 Å². The molecule has 2 rings (SSSR count). The van der Waals surface area contributed by atoms with Crippen molar-refractivity contribution < 1.29 is 14.3 Å². The Kier molecular flexibility index (Phi) is 3.24. The van der Waals surface area contributed by atoms with Crippen molar-refractivity contribution in [1.29, 1.82) is 0 Å². The molecular weight excluding hydrogens is 226 g/mol. The highest BCUT2D eigenvalue weighted by atomic mass is 32.1. The van der Waals surface area contributed by atoms with Gasteiger partial charge >= 0.3 is 5.97 Å². The Bertz CT molecular complexity index is 409. The summed E-state index contributed by atoms with van der Waals surface area (Å²) in [6, 6.07) is 0. The zero-order chi connectivity index (χ0) is 11.5. The van der Waals surface area contributed by atoms with Gasteiger partial charge in [0.25, 0.3) is 0 Å². The Labute approximate surface area is 97.6 Å². The highest BCUT2D eigenvalue weighted by Gasteiger charge is 2.31. The van der Waals surface area contributed by atoms with Crippen molar-refractivity contribution in [3.05, 3.63) is 16.5 Å². The fourth-order valence-corrected chi connectivity index (χ4v) is 2.63. The standard InChI is InChI=1S/C11H13NO3S/c1-2-15-11(14)9-8(7-3-4-7)5-16-10(9)12-6-13/h5-7H,2-4H2,1H3,(H,12,13). The van der Waals surface area contributed by atoms with Gasteiger partial charge in [-0.1, -0.05) is 0 Å². The van der Waals surface area contributed by atoms with E-state index in [1.165, 1.54) is 11.3 Å². The number of ether oxygens (including phenoxy) is 1. The lowest BCUT2D eigenvalue weighted by atomic mass is 10.1. The summed E-state index contributed by atoms with van der Waals surface area (Å²) in [5, 5.41) is 5.09. The molecule has 0 aromatic carbocycles. The molecule has 4 nitrogen and oxygen atoms in total. The molecule has 1 aromatic rings. The van der Waals surface area contributed by atoms with Gasteiger partial charge in [0, 0.05) is 0 Å². The number of hydrogen-bond acceptors (Lipinski definition) is 4. The van der Waals surface area contributed by atoms with Gasteiger partial charge in [-0.2, -0.15) is 0 Å². The van der Waals surface area contributed by atoms with Crippen LogP contribution in [-0.4, -0.2) is 19.0 Å². The SMILES string of the molecule is CCOC(=O)c1c(C2CC2)csc1NC=O. The second-order valence-corrected chi connectivity index (χ2v) is 4.53. The molecule has 1 amide bonds. The van der Waals surface area contributed by atoms with Crippen LogP contribution in [0.15, 0.2) is 5.38 Å². The van der Waals surface area contributed by atoms with Gasteiger partial charge in [0.15, 0.2) is 0 Å². The molecule has 0 aliphatic heterocycles. The first-order valence-corrected chi connectivity index (χ1v) is 6.14. The summed E-state index contributed by atoms with van der Waals surface area (Å²) < 4.78 is 5.00. The molecule has 1 aliphatic rings. The summed E-state index contributed by atoms with van der Waals surface area (Å²) >= 11 is 1.38. The van der Waals surface area contributed by atoms with Crippen molar-refractivity contribution in [3.63, 3.8) is 0 Å². The zero-order valence-corrected chi connectivity index (χ0v) is 9.80. The third-order valence-electron chi connectivity index (χ3n) is 2.51. The number of thiophene rings is 1. The predicted molar refractivity (Wildman–Crippen MR) is 61.9 cm³/mol. The summed E-state index contributed by atoms with van der Waals surface area (Å²) in [6.45, 7) is 2.12.